The van der Waals surface area contributed by atoms with Crippen LogP contribution in [0.15, 0.2) is 52.6 Å². The van der Waals surface area contributed by atoms with Crippen molar-refractivity contribution in [2.45, 2.75) is 32.2 Å². The van der Waals surface area contributed by atoms with Crippen molar-refractivity contribution in [3.8, 4) is 0 Å². The van der Waals surface area contributed by atoms with E-state index < -0.39 is 0 Å². The number of carbonyl (C=O) groups excluding carboxylic acids is 1. The monoisotopic (exact) mass is 451 g/mol. The molecule has 5 rings (SSSR count). The Balaban J connectivity index is 1.41. The summed E-state index contributed by atoms with van der Waals surface area (Å²) in [5, 5.41) is 2.05. The van der Waals surface area contributed by atoms with E-state index in [2.05, 4.69) is 20.9 Å². The Morgan fingerprint density at radius 3 is 2.44 bits per heavy atom. The smallest absolute Gasteiger partial charge is 0.259 e. The molecule has 5 nitrogen and oxygen atoms in total. The molecule has 0 spiro atoms. The number of rotatable bonds is 5. The fraction of sp³-hybridized carbons (Fsp3) is 0.360. The van der Waals surface area contributed by atoms with Gasteiger partial charge in [-0.3, -0.25) is 9.59 Å². The molecule has 2 aromatic heterocycles. The van der Waals surface area contributed by atoms with Crippen LogP contribution in [0.2, 0.25) is 0 Å². The molecule has 1 aliphatic carbocycles. The van der Waals surface area contributed by atoms with Gasteiger partial charge in [0.25, 0.3) is 5.91 Å². The van der Waals surface area contributed by atoms with Gasteiger partial charge in [-0.1, -0.05) is 6.07 Å². The number of benzene rings is 1. The Kier molecular flexibility index (Phi) is 5.59. The normalized spacial score (nSPS) is 16.4. The van der Waals surface area contributed by atoms with E-state index in [0.717, 1.165) is 29.9 Å². The van der Waals surface area contributed by atoms with Gasteiger partial charge in [0.2, 0.25) is 0 Å². The molecule has 7 heteroatoms. The highest BCUT2D eigenvalue weighted by Gasteiger charge is 2.35. The molecule has 3 aromatic rings. The predicted molar refractivity (Wildman–Crippen MR) is 125 cm³/mol. The Morgan fingerprint density at radius 1 is 1.09 bits per heavy atom. The number of hydrogen-bond donors (Lipinski definition) is 0. The fourth-order valence-electron chi connectivity index (χ4n) is 4.53. The molecule has 3 heterocycles. The van der Waals surface area contributed by atoms with Crippen molar-refractivity contribution >= 4 is 22.9 Å². The molecule has 1 amide bonds. The van der Waals surface area contributed by atoms with Crippen LogP contribution in [0.3, 0.4) is 0 Å². The molecular weight excluding hydrogens is 425 g/mol. The van der Waals surface area contributed by atoms with E-state index in [4.69, 9.17) is 0 Å². The van der Waals surface area contributed by atoms with Crippen molar-refractivity contribution in [3.63, 3.8) is 0 Å². The van der Waals surface area contributed by atoms with Crippen LogP contribution in [-0.4, -0.2) is 41.6 Å². The number of hydrogen-bond acceptors (Lipinski definition) is 4. The summed E-state index contributed by atoms with van der Waals surface area (Å²) in [6.07, 6.45) is 2.04. The average Bonchev–Trinajstić information content (AvgIpc) is 3.50. The molecule has 1 saturated heterocycles. The topological polar surface area (TPSA) is 45.6 Å². The first-order valence-corrected chi connectivity index (χ1v) is 12.0. The summed E-state index contributed by atoms with van der Waals surface area (Å²) < 4.78 is 15.4. The third-order valence-electron chi connectivity index (χ3n) is 6.39. The molecule has 2 fully saturated rings. The molecule has 2 aliphatic rings. The molecule has 1 aromatic carbocycles. The minimum Gasteiger partial charge on any atom is -0.368 e. The minimum absolute atomic E-state index is 0.157. The molecule has 1 aliphatic heterocycles. The van der Waals surface area contributed by atoms with Gasteiger partial charge >= 0.3 is 0 Å². The van der Waals surface area contributed by atoms with E-state index in [9.17, 15) is 14.0 Å². The number of aromatic nitrogens is 1. The van der Waals surface area contributed by atoms with Crippen molar-refractivity contribution in [1.29, 1.82) is 0 Å². The first-order chi connectivity index (χ1) is 15.5. The van der Waals surface area contributed by atoms with Gasteiger partial charge in [-0.25, -0.2) is 4.39 Å². The van der Waals surface area contributed by atoms with Gasteiger partial charge in [0, 0.05) is 60.1 Å². The third-order valence-corrected chi connectivity index (χ3v) is 7.25. The van der Waals surface area contributed by atoms with Crippen LogP contribution in [0.5, 0.6) is 0 Å². The van der Waals surface area contributed by atoms with Gasteiger partial charge in [0.05, 0.1) is 6.54 Å². The first-order valence-electron chi connectivity index (χ1n) is 11.1. The van der Waals surface area contributed by atoms with Gasteiger partial charge < -0.3 is 14.4 Å². The number of thiophene rings is 1. The van der Waals surface area contributed by atoms with Crippen LogP contribution < -0.4 is 10.3 Å². The molecule has 0 N–H and O–H groups in total. The van der Waals surface area contributed by atoms with E-state index in [1.165, 1.54) is 17.0 Å². The average molecular weight is 452 g/mol. The van der Waals surface area contributed by atoms with E-state index in [1.807, 2.05) is 13.0 Å². The lowest BCUT2D eigenvalue weighted by molar-refractivity contribution is 0.0743. The van der Waals surface area contributed by atoms with E-state index >= 15 is 0 Å². The summed E-state index contributed by atoms with van der Waals surface area (Å²) >= 11 is 1.69. The summed E-state index contributed by atoms with van der Waals surface area (Å²) in [6.45, 7) is 5.04. The molecular formula is C25H26FN3O2S. The Bertz CT molecular complexity index is 1180. The van der Waals surface area contributed by atoms with Gasteiger partial charge in [-0.05, 0) is 55.5 Å². The van der Waals surface area contributed by atoms with Gasteiger partial charge in [0.15, 0.2) is 5.43 Å². The standard InChI is InChI=1S/C25H26FN3O2S/c1-17-15-22(30)23(24(18-4-5-18)29(17)16-21-3-2-14-32-21)25(31)28-12-10-27(11-13-28)20-8-6-19(26)7-9-20/h2-3,6-9,14-15,18H,4-5,10-13,16H2,1H3. The van der Waals surface area contributed by atoms with Crippen molar-refractivity contribution in [1.82, 2.24) is 9.47 Å². The molecule has 0 unspecified atom stereocenters. The number of pyridine rings is 1. The van der Waals surface area contributed by atoms with Gasteiger partial charge in [-0.2, -0.15) is 0 Å². The number of piperazine rings is 1. The second-order valence-electron chi connectivity index (χ2n) is 8.61. The largest absolute Gasteiger partial charge is 0.368 e. The number of amides is 1. The van der Waals surface area contributed by atoms with Gasteiger partial charge in [-0.15, -0.1) is 11.3 Å². The Labute approximate surface area is 190 Å². The number of carbonyl (C=O) groups is 1. The third kappa shape index (κ3) is 4.09. The van der Waals surface area contributed by atoms with E-state index in [1.54, 1.807) is 34.4 Å². The Hall–Kier alpha value is -2.93. The van der Waals surface area contributed by atoms with Crippen LogP contribution in [0.1, 0.15) is 45.4 Å². The molecule has 0 bridgehead atoms. The molecule has 32 heavy (non-hydrogen) atoms. The van der Waals surface area contributed by atoms with Gasteiger partial charge in [0.1, 0.15) is 11.4 Å². The van der Waals surface area contributed by atoms with Crippen molar-refractivity contribution < 1.29 is 9.18 Å². The lowest BCUT2D eigenvalue weighted by atomic mass is 10.0. The Morgan fingerprint density at radius 2 is 1.81 bits per heavy atom. The summed E-state index contributed by atoms with van der Waals surface area (Å²) in [7, 11) is 0. The second kappa shape index (κ2) is 8.54. The SMILES string of the molecule is Cc1cc(=O)c(C(=O)N2CCN(c3ccc(F)cc3)CC2)c(C2CC2)n1Cc1cccs1. The number of nitrogens with zero attached hydrogens (tertiary/aromatic N) is 3. The second-order valence-corrected chi connectivity index (χ2v) is 9.64. The van der Waals surface area contributed by atoms with Crippen LogP contribution in [0, 0.1) is 12.7 Å². The maximum absolute atomic E-state index is 13.6. The first kappa shape index (κ1) is 20.9. The highest BCUT2D eigenvalue weighted by Crippen LogP contribution is 2.42. The molecule has 166 valence electrons. The zero-order valence-electron chi connectivity index (χ0n) is 18.1. The highest BCUT2D eigenvalue weighted by molar-refractivity contribution is 7.09. The lowest BCUT2D eigenvalue weighted by Crippen LogP contribution is -2.50. The number of anilines is 1. The zero-order valence-corrected chi connectivity index (χ0v) is 18.9. The van der Waals surface area contributed by atoms with Crippen molar-refractivity contribution in [2.75, 3.05) is 31.1 Å². The summed E-state index contributed by atoms with van der Waals surface area (Å²) in [6, 6.07) is 12.2. The minimum atomic E-state index is -0.256. The zero-order chi connectivity index (χ0) is 22.2. The van der Waals surface area contributed by atoms with Crippen molar-refractivity contribution in [2.24, 2.45) is 0 Å². The number of aryl methyl sites for hydroxylation is 1. The molecule has 1 saturated carbocycles. The van der Waals surface area contributed by atoms with Crippen LogP contribution in [0.25, 0.3) is 0 Å². The van der Waals surface area contributed by atoms with E-state index in [0.29, 0.717) is 38.3 Å². The summed E-state index contributed by atoms with van der Waals surface area (Å²) in [5.41, 5.74) is 2.95. The van der Waals surface area contributed by atoms with E-state index in [-0.39, 0.29) is 23.1 Å². The molecule has 0 radical (unpaired) electrons. The summed E-state index contributed by atoms with van der Waals surface area (Å²) in [4.78, 5) is 31.8. The molecule has 0 atom stereocenters. The van der Waals surface area contributed by atoms with Crippen LogP contribution in [0.4, 0.5) is 10.1 Å². The maximum atomic E-state index is 13.6. The van der Waals surface area contributed by atoms with Crippen molar-refractivity contribution in [3.05, 3.63) is 85.7 Å². The fourth-order valence-corrected chi connectivity index (χ4v) is 5.23. The predicted octanol–water partition coefficient (Wildman–Crippen LogP) is 4.25. The number of halogens is 1. The summed E-state index contributed by atoms with van der Waals surface area (Å²) in [5.74, 6) is -0.133. The maximum Gasteiger partial charge on any atom is 0.259 e. The highest BCUT2D eigenvalue weighted by atomic mass is 32.1. The quantitative estimate of drug-likeness (QED) is 0.583. The lowest BCUT2D eigenvalue weighted by Gasteiger charge is -2.36. The van der Waals surface area contributed by atoms with Crippen LogP contribution >= 0.6 is 11.3 Å². The van der Waals surface area contributed by atoms with Crippen LogP contribution in [-0.2, 0) is 6.54 Å².